The molecule has 0 bridgehead atoms. The molecule has 0 amide bonds. The van der Waals surface area contributed by atoms with Crippen molar-refractivity contribution in [2.24, 2.45) is 7.05 Å². The average Bonchev–Trinajstić information content (AvgIpc) is 2.56. The first-order valence-electron chi connectivity index (χ1n) is 7.54. The molecule has 1 aromatic carbocycles. The predicted octanol–water partition coefficient (Wildman–Crippen LogP) is 2.65. The molecule has 1 fully saturated rings. The number of para-hydroxylation sites is 1. The zero-order chi connectivity index (χ0) is 16.4. The zero-order valence-corrected chi connectivity index (χ0v) is 13.6. The number of rotatable bonds is 3. The summed E-state index contributed by atoms with van der Waals surface area (Å²) >= 11 is 6.09. The van der Waals surface area contributed by atoms with Gasteiger partial charge in [0.1, 0.15) is 10.8 Å². The molecule has 1 saturated heterocycles. The number of nitrogens with zero attached hydrogens (tertiary/aromatic N) is 3. The Labute approximate surface area is 138 Å². The number of aryl methyl sites for hydroxylation is 1. The summed E-state index contributed by atoms with van der Waals surface area (Å²) in [6.07, 6.45) is 3.41. The molecule has 3 rings (SSSR count). The van der Waals surface area contributed by atoms with E-state index in [4.69, 9.17) is 11.6 Å². The monoisotopic (exact) mass is 336 g/mol. The molecule has 23 heavy (non-hydrogen) atoms. The van der Waals surface area contributed by atoms with E-state index in [9.17, 15) is 9.18 Å². The second kappa shape index (κ2) is 6.58. The Morgan fingerprint density at radius 1 is 1.39 bits per heavy atom. The molecule has 1 aliphatic heterocycles. The number of aromatic nitrogens is 2. The van der Waals surface area contributed by atoms with Crippen molar-refractivity contribution >= 4 is 23.0 Å². The Bertz CT molecular complexity index is 764. The van der Waals surface area contributed by atoms with Crippen LogP contribution >= 0.6 is 11.6 Å². The van der Waals surface area contributed by atoms with Gasteiger partial charge in [-0.25, -0.2) is 9.07 Å². The minimum atomic E-state index is -0.335. The van der Waals surface area contributed by atoms with Crippen LogP contribution in [0.3, 0.4) is 0 Å². The lowest BCUT2D eigenvalue weighted by Gasteiger charge is -2.35. The predicted molar refractivity (Wildman–Crippen MR) is 89.7 cm³/mol. The standard InChI is InChI=1S/C16H18ClFN4O/c1-21-16(23)15(17)13(9-19-21)20-11-5-4-8-22(10-11)14-7-3-2-6-12(14)18/h2-3,6-7,9,11,20H,4-5,8,10H2,1H3. The van der Waals surface area contributed by atoms with Crippen LogP contribution in [0, 0.1) is 5.82 Å². The van der Waals surface area contributed by atoms with E-state index in [1.54, 1.807) is 25.4 Å². The molecule has 122 valence electrons. The second-order valence-electron chi connectivity index (χ2n) is 5.68. The van der Waals surface area contributed by atoms with Crippen LogP contribution in [0.5, 0.6) is 0 Å². The van der Waals surface area contributed by atoms with Crippen LogP contribution < -0.4 is 15.8 Å². The van der Waals surface area contributed by atoms with E-state index < -0.39 is 0 Å². The summed E-state index contributed by atoms with van der Waals surface area (Å²) in [4.78, 5) is 13.8. The minimum absolute atomic E-state index is 0.0785. The Morgan fingerprint density at radius 2 is 2.17 bits per heavy atom. The highest BCUT2D eigenvalue weighted by Crippen LogP contribution is 2.25. The molecule has 1 aromatic heterocycles. The number of nitrogens with one attached hydrogen (secondary N) is 1. The van der Waals surface area contributed by atoms with Crippen LogP contribution in [0.2, 0.25) is 5.02 Å². The van der Waals surface area contributed by atoms with Gasteiger partial charge in [0.25, 0.3) is 5.56 Å². The van der Waals surface area contributed by atoms with Crippen LogP contribution in [0.25, 0.3) is 0 Å². The van der Waals surface area contributed by atoms with Crippen molar-refractivity contribution in [1.82, 2.24) is 9.78 Å². The minimum Gasteiger partial charge on any atom is -0.378 e. The highest BCUT2D eigenvalue weighted by molar-refractivity contribution is 6.32. The van der Waals surface area contributed by atoms with Crippen molar-refractivity contribution in [2.45, 2.75) is 18.9 Å². The van der Waals surface area contributed by atoms with Crippen LogP contribution in [-0.2, 0) is 7.05 Å². The fraction of sp³-hybridized carbons (Fsp3) is 0.375. The number of halogens is 2. The summed E-state index contributed by atoms with van der Waals surface area (Å²) < 4.78 is 15.1. The van der Waals surface area contributed by atoms with Crippen molar-refractivity contribution < 1.29 is 4.39 Å². The molecule has 2 heterocycles. The molecule has 0 saturated carbocycles. The van der Waals surface area contributed by atoms with Gasteiger partial charge in [-0.2, -0.15) is 5.10 Å². The first-order chi connectivity index (χ1) is 11.1. The van der Waals surface area contributed by atoms with E-state index in [1.807, 2.05) is 11.0 Å². The third-order valence-electron chi connectivity index (χ3n) is 4.05. The number of anilines is 2. The summed E-state index contributed by atoms with van der Waals surface area (Å²) in [5, 5.41) is 7.37. The van der Waals surface area contributed by atoms with E-state index in [-0.39, 0.29) is 22.4 Å². The smallest absolute Gasteiger partial charge is 0.287 e. The Kier molecular flexibility index (Phi) is 4.52. The SMILES string of the molecule is Cn1ncc(NC2CCCN(c3ccccc3F)C2)c(Cl)c1=O. The normalized spacial score (nSPS) is 18.0. The maximum atomic E-state index is 14.0. The molecular weight excluding hydrogens is 319 g/mol. The van der Waals surface area contributed by atoms with Gasteiger partial charge in [0.15, 0.2) is 0 Å². The number of benzene rings is 1. The van der Waals surface area contributed by atoms with Gasteiger partial charge in [-0.1, -0.05) is 23.7 Å². The molecule has 1 atom stereocenters. The van der Waals surface area contributed by atoms with E-state index >= 15 is 0 Å². The maximum Gasteiger partial charge on any atom is 0.287 e. The first-order valence-corrected chi connectivity index (χ1v) is 7.92. The number of piperidine rings is 1. The third kappa shape index (κ3) is 3.32. The lowest BCUT2D eigenvalue weighted by molar-refractivity contribution is 0.518. The van der Waals surface area contributed by atoms with Crippen molar-refractivity contribution in [3.8, 4) is 0 Å². The maximum absolute atomic E-state index is 14.0. The first kappa shape index (κ1) is 15.8. The topological polar surface area (TPSA) is 50.2 Å². The second-order valence-corrected chi connectivity index (χ2v) is 6.06. The summed E-state index contributed by atoms with van der Waals surface area (Å²) in [5.41, 5.74) is 0.792. The van der Waals surface area contributed by atoms with E-state index in [0.717, 1.165) is 19.4 Å². The van der Waals surface area contributed by atoms with Gasteiger partial charge in [0.05, 0.1) is 17.6 Å². The molecule has 0 spiro atoms. The molecule has 7 heteroatoms. The highest BCUT2D eigenvalue weighted by Gasteiger charge is 2.23. The van der Waals surface area contributed by atoms with Crippen LogP contribution in [0.15, 0.2) is 35.3 Å². The van der Waals surface area contributed by atoms with Crippen molar-refractivity contribution in [1.29, 1.82) is 0 Å². The van der Waals surface area contributed by atoms with Gasteiger partial charge >= 0.3 is 0 Å². The van der Waals surface area contributed by atoms with Crippen LogP contribution in [0.1, 0.15) is 12.8 Å². The molecule has 1 N–H and O–H groups in total. The van der Waals surface area contributed by atoms with Gasteiger partial charge in [0, 0.05) is 26.2 Å². The molecule has 5 nitrogen and oxygen atoms in total. The van der Waals surface area contributed by atoms with Gasteiger partial charge in [-0.3, -0.25) is 4.79 Å². The van der Waals surface area contributed by atoms with E-state index in [0.29, 0.717) is 17.9 Å². The summed E-state index contributed by atoms with van der Waals surface area (Å²) in [5.74, 6) is -0.221. The quantitative estimate of drug-likeness (QED) is 0.936. The molecule has 0 aliphatic carbocycles. The Balaban J connectivity index is 1.76. The van der Waals surface area contributed by atoms with E-state index in [1.165, 1.54) is 10.7 Å². The fourth-order valence-electron chi connectivity index (χ4n) is 2.85. The van der Waals surface area contributed by atoms with Gasteiger partial charge in [-0.05, 0) is 25.0 Å². The number of hydrogen-bond donors (Lipinski definition) is 1. The Hall–Kier alpha value is -2.08. The van der Waals surface area contributed by atoms with E-state index in [2.05, 4.69) is 10.4 Å². The lowest BCUT2D eigenvalue weighted by atomic mass is 10.0. The van der Waals surface area contributed by atoms with Gasteiger partial charge in [0.2, 0.25) is 0 Å². The average molecular weight is 337 g/mol. The van der Waals surface area contributed by atoms with Gasteiger partial charge in [-0.15, -0.1) is 0 Å². The largest absolute Gasteiger partial charge is 0.378 e. The van der Waals surface area contributed by atoms with Crippen molar-refractivity contribution in [2.75, 3.05) is 23.3 Å². The molecule has 2 aromatic rings. The fourth-order valence-corrected chi connectivity index (χ4v) is 3.08. The Morgan fingerprint density at radius 3 is 2.96 bits per heavy atom. The van der Waals surface area contributed by atoms with Gasteiger partial charge < -0.3 is 10.2 Å². The van der Waals surface area contributed by atoms with Crippen LogP contribution in [-0.4, -0.2) is 28.9 Å². The molecule has 0 radical (unpaired) electrons. The molecule has 1 aliphatic rings. The van der Waals surface area contributed by atoms with Crippen LogP contribution in [0.4, 0.5) is 15.8 Å². The van der Waals surface area contributed by atoms with Crippen molar-refractivity contribution in [3.05, 3.63) is 51.7 Å². The summed E-state index contributed by atoms with van der Waals surface area (Å²) in [7, 11) is 1.55. The molecular formula is C16H18ClFN4O. The zero-order valence-electron chi connectivity index (χ0n) is 12.8. The lowest BCUT2D eigenvalue weighted by Crippen LogP contribution is -2.42. The third-order valence-corrected chi connectivity index (χ3v) is 4.42. The summed E-state index contributed by atoms with van der Waals surface area (Å²) in [6, 6.07) is 6.84. The highest BCUT2D eigenvalue weighted by atomic mass is 35.5. The molecule has 1 unspecified atom stereocenters. The van der Waals surface area contributed by atoms with Crippen molar-refractivity contribution in [3.63, 3.8) is 0 Å². The summed E-state index contributed by atoms with van der Waals surface area (Å²) in [6.45, 7) is 1.45. The number of hydrogen-bond acceptors (Lipinski definition) is 4.